The highest BCUT2D eigenvalue weighted by molar-refractivity contribution is 6.01. The number of fused-ring (bicyclic) bond motifs is 1. The van der Waals surface area contributed by atoms with Gasteiger partial charge in [-0.2, -0.15) is 0 Å². The van der Waals surface area contributed by atoms with Gasteiger partial charge in [-0.25, -0.2) is 0 Å². The van der Waals surface area contributed by atoms with Crippen LogP contribution in [0.15, 0.2) is 42.5 Å². The Hall–Kier alpha value is -2.82. The molecule has 2 aromatic carbocycles. The van der Waals surface area contributed by atoms with Gasteiger partial charge in [0.1, 0.15) is 5.75 Å². The summed E-state index contributed by atoms with van der Waals surface area (Å²) in [5.74, 6) is 0.223. The van der Waals surface area contributed by atoms with E-state index < -0.39 is 0 Å². The van der Waals surface area contributed by atoms with E-state index in [1.807, 2.05) is 26.0 Å². The lowest BCUT2D eigenvalue weighted by molar-refractivity contribution is -0.120. The average Bonchev–Trinajstić information content (AvgIpc) is 3.07. The van der Waals surface area contributed by atoms with Crippen LogP contribution < -0.4 is 15.4 Å². The van der Waals surface area contributed by atoms with Crippen molar-refractivity contribution in [3.8, 4) is 5.75 Å². The Balaban J connectivity index is 1.76. The molecule has 5 nitrogen and oxygen atoms in total. The first-order valence-electron chi connectivity index (χ1n) is 8.84. The third-order valence-electron chi connectivity index (χ3n) is 4.69. The van der Waals surface area contributed by atoms with Crippen molar-refractivity contribution in [1.82, 2.24) is 0 Å². The molecule has 0 atom stereocenters. The molecular weight excluding hydrogens is 328 g/mol. The van der Waals surface area contributed by atoms with Crippen LogP contribution in [0.2, 0.25) is 0 Å². The lowest BCUT2D eigenvalue weighted by Gasteiger charge is -2.16. The number of carbonyl (C=O) groups excluding carboxylic acids is 2. The number of rotatable bonds is 5. The van der Waals surface area contributed by atoms with E-state index in [-0.39, 0.29) is 23.7 Å². The first kappa shape index (κ1) is 18.0. The van der Waals surface area contributed by atoms with E-state index in [1.165, 1.54) is 11.1 Å². The molecule has 0 saturated heterocycles. The van der Waals surface area contributed by atoms with Crippen molar-refractivity contribution in [1.29, 1.82) is 0 Å². The Labute approximate surface area is 153 Å². The molecule has 1 aliphatic carbocycles. The molecule has 26 heavy (non-hydrogen) atoms. The Kier molecular flexibility index (Phi) is 5.26. The van der Waals surface area contributed by atoms with Gasteiger partial charge in [-0.1, -0.05) is 38.1 Å². The normalized spacial score (nSPS) is 13.4. The summed E-state index contributed by atoms with van der Waals surface area (Å²) in [7, 11) is 1.57. The average molecular weight is 352 g/mol. The molecule has 0 saturated carbocycles. The standard InChI is InChI=1S/C21H24N2O3/c1-13(2)20(24)23-19-12-17(26-3)8-9-18(19)22-21(25)16-10-14-6-4-5-7-15(14)11-16/h4-9,12-13,16H,10-11H2,1-3H3,(H,22,25)(H,23,24). The van der Waals surface area contributed by atoms with Gasteiger partial charge < -0.3 is 15.4 Å². The van der Waals surface area contributed by atoms with Gasteiger partial charge in [-0.05, 0) is 36.1 Å². The number of hydrogen-bond donors (Lipinski definition) is 2. The van der Waals surface area contributed by atoms with E-state index in [0.717, 1.165) is 12.8 Å². The quantitative estimate of drug-likeness (QED) is 0.863. The lowest BCUT2D eigenvalue weighted by atomic mass is 10.1. The van der Waals surface area contributed by atoms with Crippen LogP contribution in [-0.4, -0.2) is 18.9 Å². The highest BCUT2D eigenvalue weighted by Gasteiger charge is 2.27. The highest BCUT2D eigenvalue weighted by atomic mass is 16.5. The molecule has 2 aromatic rings. The minimum atomic E-state index is -0.158. The van der Waals surface area contributed by atoms with Crippen molar-refractivity contribution >= 4 is 23.2 Å². The SMILES string of the molecule is COc1ccc(NC(=O)C2Cc3ccccc3C2)c(NC(=O)C(C)C)c1. The summed E-state index contributed by atoms with van der Waals surface area (Å²) in [6, 6.07) is 13.4. The summed E-state index contributed by atoms with van der Waals surface area (Å²) >= 11 is 0. The molecule has 5 heteroatoms. The van der Waals surface area contributed by atoms with Gasteiger partial charge in [0.05, 0.1) is 18.5 Å². The molecule has 0 fully saturated rings. The molecule has 0 spiro atoms. The van der Waals surface area contributed by atoms with Gasteiger partial charge in [0.15, 0.2) is 0 Å². The summed E-state index contributed by atoms with van der Waals surface area (Å²) in [4.78, 5) is 24.8. The van der Waals surface area contributed by atoms with E-state index >= 15 is 0 Å². The fourth-order valence-corrected chi connectivity index (χ4v) is 3.12. The minimum Gasteiger partial charge on any atom is -0.497 e. The molecule has 0 aromatic heterocycles. The first-order chi connectivity index (χ1) is 12.5. The predicted molar refractivity (Wildman–Crippen MR) is 102 cm³/mol. The molecule has 3 rings (SSSR count). The van der Waals surface area contributed by atoms with Crippen LogP contribution in [0.4, 0.5) is 11.4 Å². The maximum absolute atomic E-state index is 12.8. The molecule has 0 aliphatic heterocycles. The lowest BCUT2D eigenvalue weighted by Crippen LogP contribution is -2.25. The van der Waals surface area contributed by atoms with Gasteiger partial charge >= 0.3 is 0 Å². The van der Waals surface area contributed by atoms with Crippen molar-refractivity contribution in [2.24, 2.45) is 11.8 Å². The first-order valence-corrected chi connectivity index (χ1v) is 8.84. The number of carbonyl (C=O) groups is 2. The van der Waals surface area contributed by atoms with Crippen LogP contribution in [0.3, 0.4) is 0 Å². The number of nitrogens with one attached hydrogen (secondary N) is 2. The summed E-state index contributed by atoms with van der Waals surface area (Å²) in [6.45, 7) is 3.65. The van der Waals surface area contributed by atoms with Gasteiger partial charge in [-0.15, -0.1) is 0 Å². The monoisotopic (exact) mass is 352 g/mol. The van der Waals surface area contributed by atoms with Crippen LogP contribution in [0, 0.1) is 11.8 Å². The fraction of sp³-hybridized carbons (Fsp3) is 0.333. The summed E-state index contributed by atoms with van der Waals surface area (Å²) in [5.41, 5.74) is 3.60. The van der Waals surface area contributed by atoms with Crippen LogP contribution >= 0.6 is 0 Å². The van der Waals surface area contributed by atoms with Crippen molar-refractivity contribution in [3.05, 3.63) is 53.6 Å². The highest BCUT2D eigenvalue weighted by Crippen LogP contribution is 2.31. The number of anilines is 2. The topological polar surface area (TPSA) is 67.4 Å². The molecule has 2 amide bonds. The van der Waals surface area contributed by atoms with Crippen molar-refractivity contribution in [2.45, 2.75) is 26.7 Å². The van der Waals surface area contributed by atoms with Crippen molar-refractivity contribution in [3.63, 3.8) is 0 Å². The zero-order valence-corrected chi connectivity index (χ0v) is 15.3. The molecule has 0 unspecified atom stereocenters. The Morgan fingerprint density at radius 1 is 1.00 bits per heavy atom. The van der Waals surface area contributed by atoms with Crippen LogP contribution in [0.1, 0.15) is 25.0 Å². The molecule has 136 valence electrons. The predicted octanol–water partition coefficient (Wildman–Crippen LogP) is 3.64. The van der Waals surface area contributed by atoms with Crippen LogP contribution in [0.25, 0.3) is 0 Å². The van der Waals surface area contributed by atoms with Gasteiger partial charge in [0.2, 0.25) is 11.8 Å². The van der Waals surface area contributed by atoms with Crippen LogP contribution in [-0.2, 0) is 22.4 Å². The van der Waals surface area contributed by atoms with E-state index in [0.29, 0.717) is 17.1 Å². The Morgan fingerprint density at radius 3 is 2.23 bits per heavy atom. The summed E-state index contributed by atoms with van der Waals surface area (Å²) in [5, 5.41) is 5.84. The fourth-order valence-electron chi connectivity index (χ4n) is 3.12. The second kappa shape index (κ2) is 7.60. The van der Waals surface area contributed by atoms with E-state index in [4.69, 9.17) is 4.74 Å². The smallest absolute Gasteiger partial charge is 0.228 e. The second-order valence-corrected chi connectivity index (χ2v) is 6.92. The van der Waals surface area contributed by atoms with E-state index in [1.54, 1.807) is 25.3 Å². The number of ether oxygens (including phenoxy) is 1. The zero-order valence-electron chi connectivity index (χ0n) is 15.3. The van der Waals surface area contributed by atoms with Gasteiger partial charge in [0, 0.05) is 17.9 Å². The number of methoxy groups -OCH3 is 1. The van der Waals surface area contributed by atoms with Crippen LogP contribution in [0.5, 0.6) is 5.75 Å². The third-order valence-corrected chi connectivity index (χ3v) is 4.69. The Bertz CT molecular complexity index is 805. The molecule has 2 N–H and O–H groups in total. The second-order valence-electron chi connectivity index (χ2n) is 6.92. The van der Waals surface area contributed by atoms with Gasteiger partial charge in [0.25, 0.3) is 0 Å². The number of amides is 2. The minimum absolute atomic E-state index is 0.0357. The molecular formula is C21H24N2O3. The number of hydrogen-bond acceptors (Lipinski definition) is 3. The molecule has 0 heterocycles. The zero-order chi connectivity index (χ0) is 18.7. The molecule has 0 bridgehead atoms. The van der Waals surface area contributed by atoms with Gasteiger partial charge in [-0.3, -0.25) is 9.59 Å². The molecule has 0 radical (unpaired) electrons. The van der Waals surface area contributed by atoms with Crippen molar-refractivity contribution < 1.29 is 14.3 Å². The summed E-state index contributed by atoms with van der Waals surface area (Å²) in [6.07, 6.45) is 1.48. The summed E-state index contributed by atoms with van der Waals surface area (Å²) < 4.78 is 5.23. The maximum Gasteiger partial charge on any atom is 0.228 e. The van der Waals surface area contributed by atoms with Crippen molar-refractivity contribution in [2.75, 3.05) is 17.7 Å². The van der Waals surface area contributed by atoms with E-state index in [2.05, 4.69) is 22.8 Å². The van der Waals surface area contributed by atoms with E-state index in [9.17, 15) is 9.59 Å². The largest absolute Gasteiger partial charge is 0.497 e. The molecule has 1 aliphatic rings. The number of benzene rings is 2. The Morgan fingerprint density at radius 2 is 1.65 bits per heavy atom. The third kappa shape index (κ3) is 3.87. The maximum atomic E-state index is 12.8.